The van der Waals surface area contributed by atoms with Crippen molar-refractivity contribution in [2.75, 3.05) is 0 Å². The zero-order chi connectivity index (χ0) is 21.8. The molecule has 29 heavy (non-hydrogen) atoms. The van der Waals surface area contributed by atoms with E-state index >= 15 is 0 Å². The topological polar surface area (TPSA) is 49.4 Å². The van der Waals surface area contributed by atoms with Gasteiger partial charge in [-0.25, -0.2) is 5.01 Å². The van der Waals surface area contributed by atoms with Gasteiger partial charge in [-0.1, -0.05) is 75.0 Å². The van der Waals surface area contributed by atoms with Gasteiger partial charge in [0.1, 0.15) is 0 Å². The molecule has 0 aliphatic rings. The van der Waals surface area contributed by atoms with Crippen LogP contribution in [0.4, 0.5) is 0 Å². The van der Waals surface area contributed by atoms with E-state index in [0.717, 1.165) is 24.0 Å². The summed E-state index contributed by atoms with van der Waals surface area (Å²) in [5.74, 6) is -0.607. The average Bonchev–Trinajstić information content (AvgIpc) is 2.62. The Labute approximate surface area is 179 Å². The number of hydrazine groups is 1. The van der Waals surface area contributed by atoms with Crippen molar-refractivity contribution in [3.05, 3.63) is 69.7 Å². The van der Waals surface area contributed by atoms with E-state index in [4.69, 9.17) is 11.6 Å². The third-order valence-corrected chi connectivity index (χ3v) is 5.23. The highest BCUT2D eigenvalue weighted by Crippen LogP contribution is 2.29. The zero-order valence-electron chi connectivity index (χ0n) is 18.2. The second-order valence-electron chi connectivity index (χ2n) is 8.64. The Kier molecular flexibility index (Phi) is 7.48. The van der Waals surface area contributed by atoms with Gasteiger partial charge in [-0.15, -0.1) is 0 Å². The van der Waals surface area contributed by atoms with Crippen LogP contribution >= 0.6 is 11.6 Å². The van der Waals surface area contributed by atoms with Gasteiger partial charge in [0, 0.05) is 5.56 Å². The fourth-order valence-electron chi connectivity index (χ4n) is 3.55. The van der Waals surface area contributed by atoms with Crippen LogP contribution in [0.15, 0.2) is 42.5 Å². The summed E-state index contributed by atoms with van der Waals surface area (Å²) >= 11 is 6.21. The Morgan fingerprint density at radius 3 is 2.17 bits per heavy atom. The number of hydrogen-bond donors (Lipinski definition) is 1. The number of halogens is 1. The van der Waals surface area contributed by atoms with E-state index in [1.54, 1.807) is 24.3 Å². The molecule has 0 fully saturated rings. The molecule has 1 atom stereocenters. The lowest BCUT2D eigenvalue weighted by molar-refractivity contribution is 0.0271. The lowest BCUT2D eigenvalue weighted by Gasteiger charge is -2.40. The van der Waals surface area contributed by atoms with Crippen LogP contribution in [-0.4, -0.2) is 22.9 Å². The van der Waals surface area contributed by atoms with Crippen molar-refractivity contribution in [1.82, 2.24) is 10.4 Å². The van der Waals surface area contributed by atoms with Gasteiger partial charge in [-0.05, 0) is 49.9 Å². The average molecular weight is 415 g/mol. The van der Waals surface area contributed by atoms with Gasteiger partial charge in [0.25, 0.3) is 11.8 Å². The first-order valence-corrected chi connectivity index (χ1v) is 10.4. The first-order chi connectivity index (χ1) is 13.5. The molecule has 0 saturated heterocycles. The van der Waals surface area contributed by atoms with Crippen molar-refractivity contribution in [2.45, 2.75) is 60.4 Å². The molecule has 0 aliphatic carbocycles. The van der Waals surface area contributed by atoms with Gasteiger partial charge < -0.3 is 0 Å². The predicted octanol–water partition coefficient (Wildman–Crippen LogP) is 5.96. The molecule has 0 spiro atoms. The van der Waals surface area contributed by atoms with Crippen molar-refractivity contribution in [3.63, 3.8) is 0 Å². The first-order valence-electron chi connectivity index (χ1n) is 10.0. The number of nitrogens with zero attached hydrogens (tertiary/aromatic N) is 1. The number of benzene rings is 2. The van der Waals surface area contributed by atoms with Gasteiger partial charge in [-0.3, -0.25) is 15.0 Å². The lowest BCUT2D eigenvalue weighted by atomic mass is 9.83. The van der Waals surface area contributed by atoms with Crippen molar-refractivity contribution < 1.29 is 9.59 Å². The molecule has 2 amide bonds. The maximum Gasteiger partial charge on any atom is 0.272 e. The summed E-state index contributed by atoms with van der Waals surface area (Å²) < 4.78 is 0. The van der Waals surface area contributed by atoms with Crippen LogP contribution in [0.25, 0.3) is 0 Å². The highest BCUT2D eigenvalue weighted by molar-refractivity contribution is 6.33. The number of carbonyl (C=O) groups excluding carboxylic acids is 2. The molecule has 0 unspecified atom stereocenters. The van der Waals surface area contributed by atoms with E-state index < -0.39 is 5.91 Å². The number of carbonyl (C=O) groups is 2. The third-order valence-electron chi connectivity index (χ3n) is 4.90. The van der Waals surface area contributed by atoms with Gasteiger partial charge >= 0.3 is 0 Å². The first kappa shape index (κ1) is 23.0. The Hall–Kier alpha value is -2.33. The molecule has 0 aromatic heterocycles. The fourth-order valence-corrected chi connectivity index (χ4v) is 3.77. The SMILES string of the molecule is CCC[C@@H](N(NC(=O)c1ccccc1Cl)C(=O)c1cc(C)cc(C)c1)C(C)(C)C. The summed E-state index contributed by atoms with van der Waals surface area (Å²) in [5, 5.41) is 1.86. The van der Waals surface area contributed by atoms with Crippen LogP contribution < -0.4 is 5.43 Å². The van der Waals surface area contributed by atoms with Crippen LogP contribution in [-0.2, 0) is 0 Å². The number of rotatable bonds is 5. The number of amides is 2. The molecule has 5 heteroatoms. The van der Waals surface area contributed by atoms with Crippen LogP contribution in [0, 0.1) is 19.3 Å². The van der Waals surface area contributed by atoms with Gasteiger partial charge in [0.15, 0.2) is 0 Å². The number of aryl methyl sites for hydroxylation is 2. The van der Waals surface area contributed by atoms with E-state index in [0.29, 0.717) is 16.1 Å². The molecule has 2 rings (SSSR count). The molecular formula is C24H31ClN2O2. The van der Waals surface area contributed by atoms with E-state index in [1.165, 1.54) is 5.01 Å². The summed E-state index contributed by atoms with van der Waals surface area (Å²) in [5.41, 5.74) is 5.56. The van der Waals surface area contributed by atoms with Gasteiger partial charge in [0.05, 0.1) is 16.6 Å². The van der Waals surface area contributed by atoms with Crippen LogP contribution in [0.2, 0.25) is 5.02 Å². The molecule has 0 heterocycles. The number of hydrogen-bond acceptors (Lipinski definition) is 2. The smallest absolute Gasteiger partial charge is 0.267 e. The van der Waals surface area contributed by atoms with E-state index in [9.17, 15) is 9.59 Å². The Morgan fingerprint density at radius 1 is 1.07 bits per heavy atom. The number of nitrogens with one attached hydrogen (secondary N) is 1. The Morgan fingerprint density at radius 2 is 1.66 bits per heavy atom. The highest BCUT2D eigenvalue weighted by atomic mass is 35.5. The summed E-state index contributed by atoms with van der Waals surface area (Å²) in [6.07, 6.45) is 1.66. The largest absolute Gasteiger partial charge is 0.272 e. The summed E-state index contributed by atoms with van der Waals surface area (Å²) in [7, 11) is 0. The second-order valence-corrected chi connectivity index (χ2v) is 9.05. The van der Waals surface area contributed by atoms with Gasteiger partial charge in [-0.2, -0.15) is 0 Å². The molecule has 0 bridgehead atoms. The zero-order valence-corrected chi connectivity index (χ0v) is 18.9. The van der Waals surface area contributed by atoms with Crippen molar-refractivity contribution in [3.8, 4) is 0 Å². The molecule has 156 valence electrons. The van der Waals surface area contributed by atoms with Crippen molar-refractivity contribution >= 4 is 23.4 Å². The monoisotopic (exact) mass is 414 g/mol. The minimum atomic E-state index is -0.390. The van der Waals surface area contributed by atoms with Crippen molar-refractivity contribution in [1.29, 1.82) is 0 Å². The molecule has 1 N–H and O–H groups in total. The lowest BCUT2D eigenvalue weighted by Crippen LogP contribution is -2.56. The molecule has 4 nitrogen and oxygen atoms in total. The van der Waals surface area contributed by atoms with Crippen LogP contribution in [0.5, 0.6) is 0 Å². The highest BCUT2D eigenvalue weighted by Gasteiger charge is 2.35. The normalized spacial score (nSPS) is 12.4. The van der Waals surface area contributed by atoms with Crippen LogP contribution in [0.3, 0.4) is 0 Å². The Bertz CT molecular complexity index is 866. The summed E-state index contributed by atoms with van der Waals surface area (Å²) in [6, 6.07) is 12.4. The summed E-state index contributed by atoms with van der Waals surface area (Å²) in [6.45, 7) is 12.2. The predicted molar refractivity (Wildman–Crippen MR) is 119 cm³/mol. The van der Waals surface area contributed by atoms with E-state index in [2.05, 4.69) is 33.1 Å². The summed E-state index contributed by atoms with van der Waals surface area (Å²) in [4.78, 5) is 26.5. The standard InChI is InChI=1S/C24H31ClN2O2/c1-7-10-21(24(4,5)6)27(23(29)18-14-16(2)13-17(3)15-18)26-22(28)19-11-8-9-12-20(19)25/h8-9,11-15,21H,7,10H2,1-6H3,(H,26,28)/t21-/m1/s1. The van der Waals surface area contributed by atoms with Crippen molar-refractivity contribution in [2.24, 2.45) is 5.41 Å². The van der Waals surface area contributed by atoms with Crippen LogP contribution in [0.1, 0.15) is 72.4 Å². The molecule has 0 radical (unpaired) electrons. The second kappa shape index (κ2) is 9.45. The molecule has 0 saturated carbocycles. The third kappa shape index (κ3) is 5.83. The minimum Gasteiger partial charge on any atom is -0.267 e. The maximum absolute atomic E-state index is 13.5. The van der Waals surface area contributed by atoms with E-state index in [-0.39, 0.29) is 17.4 Å². The molecular weight excluding hydrogens is 384 g/mol. The quantitative estimate of drug-likeness (QED) is 0.613. The Balaban J connectivity index is 2.48. The fraction of sp³-hybridized carbons (Fsp3) is 0.417. The van der Waals surface area contributed by atoms with Gasteiger partial charge in [0.2, 0.25) is 0 Å². The molecule has 2 aromatic carbocycles. The minimum absolute atomic E-state index is 0.174. The molecule has 2 aromatic rings. The van der Waals surface area contributed by atoms with E-state index in [1.807, 2.05) is 32.0 Å². The molecule has 0 aliphatic heterocycles. The maximum atomic E-state index is 13.5.